The Labute approximate surface area is 207 Å². The second kappa shape index (κ2) is 12.6. The summed E-state index contributed by atoms with van der Waals surface area (Å²) in [7, 11) is 8.00. The third-order valence-electron chi connectivity index (χ3n) is 7.62. The van der Waals surface area contributed by atoms with Crippen LogP contribution in [0.3, 0.4) is 0 Å². The fourth-order valence-electron chi connectivity index (χ4n) is 5.41. The lowest BCUT2D eigenvalue weighted by Gasteiger charge is -2.40. The third-order valence-corrected chi connectivity index (χ3v) is 7.62. The van der Waals surface area contributed by atoms with Crippen molar-refractivity contribution in [2.45, 2.75) is 58.0 Å². The van der Waals surface area contributed by atoms with E-state index in [1.165, 1.54) is 39.2 Å². The van der Waals surface area contributed by atoms with E-state index in [0.29, 0.717) is 17.6 Å². The Morgan fingerprint density at radius 3 is 2.44 bits per heavy atom. The van der Waals surface area contributed by atoms with E-state index >= 15 is 0 Å². The lowest BCUT2D eigenvalue weighted by atomic mass is 9.88. The Bertz CT molecular complexity index is 880. The third kappa shape index (κ3) is 6.75. The van der Waals surface area contributed by atoms with Gasteiger partial charge in [-0.3, -0.25) is 4.90 Å². The van der Waals surface area contributed by atoms with Crippen LogP contribution in [0.4, 0.5) is 5.69 Å². The molecule has 1 aromatic rings. The van der Waals surface area contributed by atoms with E-state index in [-0.39, 0.29) is 5.97 Å². The Hall–Kier alpha value is -2.07. The summed E-state index contributed by atoms with van der Waals surface area (Å²) in [5.41, 5.74) is 3.64. The van der Waals surface area contributed by atoms with Crippen LogP contribution in [-0.4, -0.2) is 100 Å². The Kier molecular flexibility index (Phi) is 9.82. The quantitative estimate of drug-likeness (QED) is 0.470. The van der Waals surface area contributed by atoms with Gasteiger partial charge in [0.2, 0.25) is 0 Å². The molecule has 6 heteroatoms. The first-order valence-electron chi connectivity index (χ1n) is 12.9. The molecule has 2 fully saturated rings. The molecule has 0 radical (unpaired) electrons. The van der Waals surface area contributed by atoms with E-state index in [9.17, 15) is 4.79 Å². The maximum atomic E-state index is 12.6. The number of ether oxygens (including phenoxy) is 1. The number of benzene rings is 1. The monoisotopic (exact) mass is 468 g/mol. The van der Waals surface area contributed by atoms with E-state index < -0.39 is 0 Å². The molecule has 1 aliphatic heterocycles. The summed E-state index contributed by atoms with van der Waals surface area (Å²) in [6.07, 6.45) is 5.94. The molecular formula is C28H44N4O2. The highest BCUT2D eigenvalue weighted by atomic mass is 16.5. The van der Waals surface area contributed by atoms with E-state index in [0.717, 1.165) is 56.1 Å². The van der Waals surface area contributed by atoms with Crippen molar-refractivity contribution in [3.63, 3.8) is 0 Å². The molecule has 3 rings (SSSR count). The lowest BCUT2D eigenvalue weighted by molar-refractivity contribution is 0.0600. The molecule has 1 aromatic carbocycles. The van der Waals surface area contributed by atoms with Crippen molar-refractivity contribution in [3.05, 3.63) is 28.8 Å². The first-order valence-corrected chi connectivity index (χ1v) is 12.9. The van der Waals surface area contributed by atoms with Crippen LogP contribution in [0, 0.1) is 18.8 Å². The summed E-state index contributed by atoms with van der Waals surface area (Å²) in [6.45, 7) is 10.3. The number of rotatable bonds is 6. The molecule has 0 spiro atoms. The SMILES string of the molecule is CCN(c1cc(C#CCN2CCCN(C)CC2)cc(C(=O)OC)c1C)[C@H]1CC[C@H](N(C)C)CC1. The van der Waals surface area contributed by atoms with Gasteiger partial charge in [0.25, 0.3) is 0 Å². The number of hydrogen-bond acceptors (Lipinski definition) is 6. The van der Waals surface area contributed by atoms with Gasteiger partial charge in [0.05, 0.1) is 19.2 Å². The number of carbonyl (C=O) groups is 1. The van der Waals surface area contributed by atoms with Crippen molar-refractivity contribution in [1.29, 1.82) is 0 Å². The molecule has 0 amide bonds. The summed E-state index contributed by atoms with van der Waals surface area (Å²) >= 11 is 0. The maximum absolute atomic E-state index is 12.6. The van der Waals surface area contributed by atoms with Crippen molar-refractivity contribution >= 4 is 11.7 Å². The summed E-state index contributed by atoms with van der Waals surface area (Å²) in [5.74, 6) is 6.46. The standard InChI is InChI=1S/C28H44N4O2/c1-7-32(25-13-11-24(12-14-25)29(3)4)27-21-23(20-26(22(27)2)28(33)34-6)10-8-16-31-17-9-15-30(5)18-19-31/h20-21,24-25H,7,9,11-19H2,1-6H3/t24-,25-. The molecule has 0 unspecified atom stereocenters. The minimum Gasteiger partial charge on any atom is -0.465 e. The van der Waals surface area contributed by atoms with E-state index in [2.05, 4.69) is 65.6 Å². The number of nitrogens with zero attached hydrogens (tertiary/aromatic N) is 4. The number of likely N-dealkylation sites (N-methyl/N-ethyl adjacent to an activating group) is 1. The molecule has 6 nitrogen and oxygen atoms in total. The molecule has 0 bridgehead atoms. The molecule has 0 N–H and O–H groups in total. The van der Waals surface area contributed by atoms with Gasteiger partial charge in [-0.15, -0.1) is 0 Å². The van der Waals surface area contributed by atoms with Gasteiger partial charge in [-0.2, -0.15) is 0 Å². The predicted molar refractivity (Wildman–Crippen MR) is 141 cm³/mol. The van der Waals surface area contributed by atoms with Crippen LogP contribution in [0.15, 0.2) is 12.1 Å². The zero-order valence-corrected chi connectivity index (χ0v) is 22.2. The highest BCUT2D eigenvalue weighted by molar-refractivity contribution is 5.93. The number of methoxy groups -OCH3 is 1. The molecule has 1 aliphatic carbocycles. The number of esters is 1. The smallest absolute Gasteiger partial charge is 0.338 e. The Morgan fingerprint density at radius 1 is 1.09 bits per heavy atom. The van der Waals surface area contributed by atoms with Gasteiger partial charge in [-0.05, 0) is 91.3 Å². The molecule has 34 heavy (non-hydrogen) atoms. The molecule has 1 saturated heterocycles. The molecule has 0 aromatic heterocycles. The topological polar surface area (TPSA) is 39.3 Å². The summed E-state index contributed by atoms with van der Waals surface area (Å²) in [5, 5.41) is 0. The van der Waals surface area contributed by atoms with Gasteiger partial charge in [0.1, 0.15) is 0 Å². The highest BCUT2D eigenvalue weighted by Crippen LogP contribution is 2.33. The van der Waals surface area contributed by atoms with Crippen molar-refractivity contribution in [3.8, 4) is 11.8 Å². The Balaban J connectivity index is 1.84. The maximum Gasteiger partial charge on any atom is 0.338 e. The first kappa shape index (κ1) is 26.5. The van der Waals surface area contributed by atoms with E-state index in [4.69, 9.17) is 4.74 Å². The number of hydrogen-bond donors (Lipinski definition) is 0. The van der Waals surface area contributed by atoms with Crippen LogP contribution >= 0.6 is 0 Å². The van der Waals surface area contributed by atoms with Crippen LogP contribution in [-0.2, 0) is 4.74 Å². The molecule has 0 atom stereocenters. The summed E-state index contributed by atoms with van der Waals surface area (Å²) < 4.78 is 5.13. The van der Waals surface area contributed by atoms with Gasteiger partial charge in [-0.1, -0.05) is 11.8 Å². The Morgan fingerprint density at radius 2 is 1.79 bits per heavy atom. The fraction of sp³-hybridized carbons (Fsp3) is 0.679. The predicted octanol–water partition coefficient (Wildman–Crippen LogP) is 3.47. The second-order valence-electron chi connectivity index (χ2n) is 10.1. The normalized spacial score (nSPS) is 22.1. The van der Waals surface area contributed by atoms with Gasteiger partial charge < -0.3 is 19.4 Å². The van der Waals surface area contributed by atoms with Gasteiger partial charge in [-0.25, -0.2) is 4.79 Å². The first-order chi connectivity index (χ1) is 16.3. The minimum atomic E-state index is -0.287. The van der Waals surface area contributed by atoms with Crippen LogP contribution < -0.4 is 4.90 Å². The van der Waals surface area contributed by atoms with E-state index in [1.54, 1.807) is 0 Å². The van der Waals surface area contributed by atoms with Crippen molar-refractivity contribution in [2.75, 3.05) is 72.4 Å². The number of carbonyl (C=O) groups excluding carboxylic acids is 1. The summed E-state index contributed by atoms with van der Waals surface area (Å²) in [4.78, 5) is 22.3. The molecule has 2 aliphatic rings. The minimum absolute atomic E-state index is 0.287. The molecule has 1 heterocycles. The molecule has 1 saturated carbocycles. The zero-order valence-electron chi connectivity index (χ0n) is 22.2. The molecule has 188 valence electrons. The molecular weight excluding hydrogens is 424 g/mol. The fourth-order valence-corrected chi connectivity index (χ4v) is 5.41. The average molecular weight is 469 g/mol. The van der Waals surface area contributed by atoms with Crippen LogP contribution in [0.1, 0.15) is 60.5 Å². The largest absolute Gasteiger partial charge is 0.465 e. The summed E-state index contributed by atoms with van der Waals surface area (Å²) in [6, 6.07) is 5.25. The average Bonchev–Trinajstić information content (AvgIpc) is 3.05. The van der Waals surface area contributed by atoms with Crippen LogP contribution in [0.25, 0.3) is 0 Å². The van der Waals surface area contributed by atoms with Gasteiger partial charge in [0.15, 0.2) is 0 Å². The van der Waals surface area contributed by atoms with Crippen molar-refractivity contribution < 1.29 is 9.53 Å². The van der Waals surface area contributed by atoms with Crippen LogP contribution in [0.5, 0.6) is 0 Å². The van der Waals surface area contributed by atoms with Crippen molar-refractivity contribution in [1.82, 2.24) is 14.7 Å². The van der Waals surface area contributed by atoms with Gasteiger partial charge >= 0.3 is 5.97 Å². The van der Waals surface area contributed by atoms with E-state index in [1.807, 2.05) is 13.0 Å². The lowest BCUT2D eigenvalue weighted by Crippen LogP contribution is -2.42. The van der Waals surface area contributed by atoms with Crippen molar-refractivity contribution in [2.24, 2.45) is 0 Å². The van der Waals surface area contributed by atoms with Gasteiger partial charge in [0, 0.05) is 49.5 Å². The zero-order chi connectivity index (χ0) is 24.7. The highest BCUT2D eigenvalue weighted by Gasteiger charge is 2.28. The van der Waals surface area contributed by atoms with Crippen LogP contribution in [0.2, 0.25) is 0 Å². The number of anilines is 1. The second-order valence-corrected chi connectivity index (χ2v) is 10.1.